The van der Waals surface area contributed by atoms with Gasteiger partial charge in [0.2, 0.25) is 0 Å². The molecular weight excluding hydrogens is 845 g/mol. The number of rotatable bonds is 9. The van der Waals surface area contributed by atoms with Crippen molar-refractivity contribution in [1.82, 2.24) is 0 Å². The standard InChI is InChI=1S/C54H60Cl2O4P2/c1-49(2,3)41-33-43(47(57-61(55)56)45(35-41)51(7,8)9)44-34-42(50(4,5)6)36-46(52(10,11)12)48(44)58-62-59-53(37-25-17-13-18-26-37,38-27-19-14-20-28-38)54(60-62,39-29-21-15-22-30-39)40-31-23-16-24-32-40/h13-36H,1-12H3. The lowest BCUT2D eigenvalue weighted by molar-refractivity contribution is 0.00370. The highest BCUT2D eigenvalue weighted by Crippen LogP contribution is 2.71. The molecule has 0 aliphatic carbocycles. The Morgan fingerprint density at radius 2 is 0.742 bits per heavy atom. The molecule has 0 amide bonds. The monoisotopic (exact) mass is 904 g/mol. The van der Waals surface area contributed by atoms with Gasteiger partial charge in [-0.1, -0.05) is 217 Å². The molecule has 1 fully saturated rings. The molecule has 62 heavy (non-hydrogen) atoms. The molecule has 6 aromatic carbocycles. The predicted molar refractivity (Wildman–Crippen MR) is 263 cm³/mol. The first-order chi connectivity index (χ1) is 29.1. The van der Waals surface area contributed by atoms with Crippen molar-refractivity contribution in [2.75, 3.05) is 0 Å². The minimum Gasteiger partial charge on any atom is -0.444 e. The summed E-state index contributed by atoms with van der Waals surface area (Å²) < 4.78 is 29.6. The minimum atomic E-state index is -2.18. The second-order valence-corrected chi connectivity index (χ2v) is 24.4. The van der Waals surface area contributed by atoms with Gasteiger partial charge < -0.3 is 9.05 Å². The average molecular weight is 906 g/mol. The molecule has 6 aromatic rings. The van der Waals surface area contributed by atoms with Gasteiger partial charge in [-0.3, -0.25) is 9.05 Å². The van der Waals surface area contributed by atoms with E-state index in [0.717, 1.165) is 55.6 Å². The van der Waals surface area contributed by atoms with Gasteiger partial charge in [-0.2, -0.15) is 0 Å². The Bertz CT molecular complexity index is 2310. The van der Waals surface area contributed by atoms with E-state index in [2.05, 4.69) is 204 Å². The Kier molecular flexibility index (Phi) is 12.9. The molecule has 0 bridgehead atoms. The third-order valence-electron chi connectivity index (χ3n) is 11.8. The van der Waals surface area contributed by atoms with Crippen LogP contribution in [-0.4, -0.2) is 0 Å². The van der Waals surface area contributed by atoms with Crippen LogP contribution in [0.2, 0.25) is 0 Å². The highest BCUT2D eigenvalue weighted by atomic mass is 35.9. The van der Waals surface area contributed by atoms with E-state index >= 15 is 0 Å². The van der Waals surface area contributed by atoms with Crippen molar-refractivity contribution in [3.63, 3.8) is 0 Å². The van der Waals surface area contributed by atoms with E-state index in [9.17, 15) is 0 Å². The second-order valence-electron chi connectivity index (χ2n) is 20.4. The Morgan fingerprint density at radius 3 is 1.03 bits per heavy atom. The Balaban J connectivity index is 1.60. The van der Waals surface area contributed by atoms with Crippen LogP contribution in [0, 0.1) is 0 Å². The van der Waals surface area contributed by atoms with Crippen LogP contribution in [0.5, 0.6) is 11.5 Å². The molecule has 1 saturated heterocycles. The molecule has 7 rings (SSSR count). The Labute approximate surface area is 382 Å². The molecule has 1 aliphatic heterocycles. The molecule has 0 unspecified atom stereocenters. The Morgan fingerprint density at radius 1 is 0.435 bits per heavy atom. The zero-order valence-corrected chi connectivity index (χ0v) is 41.4. The van der Waals surface area contributed by atoms with Crippen LogP contribution in [-0.2, 0) is 41.9 Å². The van der Waals surface area contributed by atoms with E-state index in [1.54, 1.807) is 0 Å². The number of hydrogen-bond acceptors (Lipinski definition) is 4. The van der Waals surface area contributed by atoms with E-state index < -0.39 is 26.7 Å². The van der Waals surface area contributed by atoms with Gasteiger partial charge in [0.05, 0.1) is 0 Å². The fourth-order valence-electron chi connectivity index (χ4n) is 8.44. The summed E-state index contributed by atoms with van der Waals surface area (Å²) in [6.45, 7) is 24.9. The highest BCUT2D eigenvalue weighted by molar-refractivity contribution is 8.00. The third kappa shape index (κ3) is 8.87. The summed E-state index contributed by atoms with van der Waals surface area (Å²) in [5, 5.41) is 0. The van der Waals surface area contributed by atoms with Crippen LogP contribution in [0.15, 0.2) is 146 Å². The van der Waals surface area contributed by atoms with Gasteiger partial charge in [-0.15, -0.1) is 0 Å². The van der Waals surface area contributed by atoms with Crippen LogP contribution >= 0.6 is 37.9 Å². The molecule has 4 nitrogen and oxygen atoms in total. The summed E-state index contributed by atoms with van der Waals surface area (Å²) in [5.41, 5.74) is 6.26. The summed E-state index contributed by atoms with van der Waals surface area (Å²) in [6, 6.07) is 50.7. The van der Waals surface area contributed by atoms with Crippen molar-refractivity contribution in [1.29, 1.82) is 0 Å². The highest BCUT2D eigenvalue weighted by Gasteiger charge is 2.67. The van der Waals surface area contributed by atoms with Gasteiger partial charge in [0.15, 0.2) is 11.2 Å². The van der Waals surface area contributed by atoms with Gasteiger partial charge in [0.25, 0.3) is 6.85 Å². The van der Waals surface area contributed by atoms with E-state index in [4.69, 9.17) is 40.6 Å². The van der Waals surface area contributed by atoms with Crippen LogP contribution in [0.4, 0.5) is 0 Å². The SMILES string of the molecule is CC(C)(C)c1cc(-c2cc(C(C)(C)C)cc(C(C)(C)C)c2OP2OC(c3ccccc3)(c3ccccc3)C(c3ccccc3)(c3ccccc3)O2)c(OP(Cl)Cl)c(C(C)(C)C)c1. The second kappa shape index (κ2) is 17.3. The maximum atomic E-state index is 7.71. The summed E-state index contributed by atoms with van der Waals surface area (Å²) in [7, 11) is -2.18. The van der Waals surface area contributed by atoms with Gasteiger partial charge in [0.1, 0.15) is 11.5 Å². The molecule has 0 atom stereocenters. The number of hydrogen-bond donors (Lipinski definition) is 0. The predicted octanol–water partition coefficient (Wildman–Crippen LogP) is 17.2. The van der Waals surface area contributed by atoms with Crippen LogP contribution in [0.25, 0.3) is 11.1 Å². The number of halogens is 2. The van der Waals surface area contributed by atoms with Crippen molar-refractivity contribution < 1.29 is 18.1 Å². The maximum Gasteiger partial charge on any atom is 0.400 e. The Hall–Kier alpha value is -3.72. The zero-order chi connectivity index (χ0) is 44.9. The fourth-order valence-corrected chi connectivity index (χ4v) is 10.8. The fraction of sp³-hybridized carbons (Fsp3) is 0.333. The smallest absolute Gasteiger partial charge is 0.400 e. The molecule has 0 spiro atoms. The summed E-state index contributed by atoms with van der Waals surface area (Å²) in [4.78, 5) is 0. The zero-order valence-electron chi connectivity index (χ0n) is 38.1. The van der Waals surface area contributed by atoms with E-state index in [0.29, 0.717) is 11.5 Å². The first-order valence-electron chi connectivity index (χ1n) is 21.3. The molecule has 0 saturated carbocycles. The minimum absolute atomic E-state index is 0.201. The molecule has 0 aromatic heterocycles. The molecule has 324 valence electrons. The molecule has 1 aliphatic rings. The average Bonchev–Trinajstić information content (AvgIpc) is 3.57. The first kappa shape index (κ1) is 46.3. The van der Waals surface area contributed by atoms with Crippen molar-refractivity contribution in [3.05, 3.63) is 190 Å². The van der Waals surface area contributed by atoms with Crippen molar-refractivity contribution in [3.8, 4) is 22.6 Å². The van der Waals surface area contributed by atoms with Crippen molar-refractivity contribution in [2.45, 2.75) is 116 Å². The van der Waals surface area contributed by atoms with E-state index in [1.807, 2.05) is 24.3 Å². The van der Waals surface area contributed by atoms with Crippen molar-refractivity contribution in [2.24, 2.45) is 0 Å². The van der Waals surface area contributed by atoms with Gasteiger partial charge >= 0.3 is 8.60 Å². The van der Waals surface area contributed by atoms with Crippen LogP contribution < -0.4 is 9.05 Å². The van der Waals surface area contributed by atoms with Gasteiger partial charge in [-0.05, 0) is 89.7 Å². The summed E-state index contributed by atoms with van der Waals surface area (Å²) in [6.07, 6.45) is 0. The lowest BCUT2D eigenvalue weighted by Crippen LogP contribution is -2.48. The van der Waals surface area contributed by atoms with Gasteiger partial charge in [-0.25, -0.2) is 0 Å². The van der Waals surface area contributed by atoms with Gasteiger partial charge in [0, 0.05) is 22.3 Å². The van der Waals surface area contributed by atoms with E-state index in [1.165, 1.54) is 0 Å². The number of benzene rings is 6. The maximum absolute atomic E-state index is 7.71. The third-order valence-corrected chi connectivity index (χ3v) is 13.7. The molecule has 0 N–H and O–H groups in total. The normalized spacial score (nSPS) is 15.8. The lowest BCUT2D eigenvalue weighted by atomic mass is 9.66. The summed E-state index contributed by atoms with van der Waals surface area (Å²) >= 11 is 13.3. The topological polar surface area (TPSA) is 36.9 Å². The van der Waals surface area contributed by atoms with Crippen LogP contribution in [0.1, 0.15) is 128 Å². The first-order valence-corrected chi connectivity index (χ1v) is 25.5. The quantitative estimate of drug-likeness (QED) is 0.135. The molecule has 0 radical (unpaired) electrons. The van der Waals surface area contributed by atoms with E-state index in [-0.39, 0.29) is 21.7 Å². The summed E-state index contributed by atoms with van der Waals surface area (Å²) in [5.74, 6) is 1.30. The van der Waals surface area contributed by atoms with Crippen molar-refractivity contribution >= 4 is 37.9 Å². The molecular formula is C54H60Cl2O4P2. The van der Waals surface area contributed by atoms with Crippen LogP contribution in [0.3, 0.4) is 0 Å². The largest absolute Gasteiger partial charge is 0.444 e. The molecule has 8 heteroatoms. The lowest BCUT2D eigenvalue weighted by Gasteiger charge is -2.43. The molecule has 1 heterocycles.